The van der Waals surface area contributed by atoms with Crippen molar-refractivity contribution in [2.45, 2.75) is 19.1 Å². The predicted molar refractivity (Wildman–Crippen MR) is 85.7 cm³/mol. The minimum absolute atomic E-state index is 0.107. The number of nitrogens with zero attached hydrogens (tertiary/aromatic N) is 2. The number of aromatic nitrogens is 2. The number of amides is 2. The molecule has 2 aromatic rings. The molecule has 0 radical (unpaired) electrons. The Balaban J connectivity index is 1.64. The lowest BCUT2D eigenvalue weighted by atomic mass is 10.2. The molecular weight excluding hydrogens is 296 g/mol. The van der Waals surface area contributed by atoms with Gasteiger partial charge in [0.15, 0.2) is 0 Å². The first-order valence-electron chi connectivity index (χ1n) is 7.64. The summed E-state index contributed by atoms with van der Waals surface area (Å²) in [6, 6.07) is 10.9. The van der Waals surface area contributed by atoms with Crippen LogP contribution >= 0.6 is 0 Å². The van der Waals surface area contributed by atoms with Crippen molar-refractivity contribution < 1.29 is 14.3 Å². The molecule has 3 rings (SSSR count). The molecule has 2 atom stereocenters. The summed E-state index contributed by atoms with van der Waals surface area (Å²) in [6.45, 7) is 3.47. The van der Waals surface area contributed by atoms with Crippen LogP contribution in [-0.2, 0) is 9.47 Å². The maximum atomic E-state index is 12.2. The normalized spacial score (nSPS) is 20.4. The highest BCUT2D eigenvalue weighted by Gasteiger charge is 2.30. The maximum absolute atomic E-state index is 12.2. The number of urea groups is 1. The minimum Gasteiger partial charge on any atom is -0.376 e. The molecule has 1 aliphatic rings. The van der Waals surface area contributed by atoms with Gasteiger partial charge in [-0.3, -0.25) is 5.32 Å². The van der Waals surface area contributed by atoms with Gasteiger partial charge in [-0.25, -0.2) is 9.48 Å². The van der Waals surface area contributed by atoms with Crippen molar-refractivity contribution in [2.75, 3.05) is 25.1 Å². The molecule has 1 fully saturated rings. The summed E-state index contributed by atoms with van der Waals surface area (Å²) in [5.41, 5.74) is 0.879. The van der Waals surface area contributed by atoms with E-state index in [0.717, 1.165) is 5.69 Å². The van der Waals surface area contributed by atoms with Gasteiger partial charge in [-0.1, -0.05) is 18.2 Å². The quantitative estimate of drug-likeness (QED) is 0.882. The van der Waals surface area contributed by atoms with E-state index in [-0.39, 0.29) is 18.2 Å². The number of anilines is 1. The fraction of sp³-hybridized carbons (Fsp3) is 0.375. The van der Waals surface area contributed by atoms with Crippen molar-refractivity contribution >= 4 is 11.8 Å². The molecule has 1 saturated heterocycles. The third-order valence-corrected chi connectivity index (χ3v) is 3.61. The Hall–Kier alpha value is -2.38. The van der Waals surface area contributed by atoms with Gasteiger partial charge in [0.1, 0.15) is 11.9 Å². The van der Waals surface area contributed by atoms with Crippen LogP contribution in [0.5, 0.6) is 0 Å². The fourth-order valence-corrected chi connectivity index (χ4v) is 2.54. The summed E-state index contributed by atoms with van der Waals surface area (Å²) < 4.78 is 12.6. The lowest BCUT2D eigenvalue weighted by molar-refractivity contribution is 0.0428. The second-order valence-electron chi connectivity index (χ2n) is 5.20. The van der Waals surface area contributed by atoms with Gasteiger partial charge in [-0.15, -0.1) is 0 Å². The minimum atomic E-state index is -0.303. The average Bonchev–Trinajstić information content (AvgIpc) is 3.18. The Morgan fingerprint density at radius 2 is 2.17 bits per heavy atom. The van der Waals surface area contributed by atoms with E-state index < -0.39 is 0 Å². The van der Waals surface area contributed by atoms with E-state index in [0.29, 0.717) is 25.6 Å². The van der Waals surface area contributed by atoms with Crippen LogP contribution < -0.4 is 10.6 Å². The predicted octanol–water partition coefficient (Wildman–Crippen LogP) is 1.80. The first kappa shape index (κ1) is 15.5. The fourth-order valence-electron chi connectivity index (χ4n) is 2.54. The summed E-state index contributed by atoms with van der Waals surface area (Å²) in [4.78, 5) is 12.2. The van der Waals surface area contributed by atoms with Crippen LogP contribution in [0, 0.1) is 0 Å². The molecule has 0 bridgehead atoms. The maximum Gasteiger partial charge on any atom is 0.320 e. The third kappa shape index (κ3) is 3.69. The van der Waals surface area contributed by atoms with E-state index in [4.69, 9.17) is 9.47 Å². The Bertz CT molecular complexity index is 644. The van der Waals surface area contributed by atoms with Gasteiger partial charge in [0.25, 0.3) is 0 Å². The van der Waals surface area contributed by atoms with Crippen LogP contribution in [0.3, 0.4) is 0 Å². The molecule has 122 valence electrons. The Morgan fingerprint density at radius 1 is 1.35 bits per heavy atom. The molecule has 1 aromatic carbocycles. The summed E-state index contributed by atoms with van der Waals surface area (Å²) >= 11 is 0. The molecule has 7 heteroatoms. The molecular formula is C16H20N4O3. The number of hydrogen-bond donors (Lipinski definition) is 2. The summed E-state index contributed by atoms with van der Waals surface area (Å²) in [7, 11) is 0. The third-order valence-electron chi connectivity index (χ3n) is 3.61. The molecule has 2 amide bonds. The molecule has 0 aliphatic carbocycles. The Labute approximate surface area is 134 Å². The number of para-hydroxylation sites is 1. The number of rotatable bonds is 5. The zero-order valence-electron chi connectivity index (χ0n) is 12.9. The monoisotopic (exact) mass is 316 g/mol. The van der Waals surface area contributed by atoms with Gasteiger partial charge >= 0.3 is 6.03 Å². The smallest absolute Gasteiger partial charge is 0.320 e. The van der Waals surface area contributed by atoms with Crippen LogP contribution in [0.4, 0.5) is 10.6 Å². The number of hydrogen-bond acceptors (Lipinski definition) is 4. The largest absolute Gasteiger partial charge is 0.376 e. The molecule has 1 aromatic heterocycles. The van der Waals surface area contributed by atoms with Crippen molar-refractivity contribution in [2.24, 2.45) is 0 Å². The molecule has 0 spiro atoms. The SMILES string of the molecule is CCO[C@@H]1COC[C@H]1NC(=O)Nc1ccnn1-c1ccccc1. The standard InChI is InChI=1S/C16H20N4O3/c1-2-23-14-11-22-10-13(14)18-16(21)19-15-8-9-17-20(15)12-6-4-3-5-7-12/h3-9,13-14H,2,10-11H2,1H3,(H2,18,19,21)/t13-,14-/m1/s1. The molecule has 2 heterocycles. The van der Waals surface area contributed by atoms with Gasteiger partial charge in [-0.05, 0) is 19.1 Å². The lowest BCUT2D eigenvalue weighted by Crippen LogP contribution is -2.45. The number of benzene rings is 1. The van der Waals surface area contributed by atoms with Crippen molar-refractivity contribution in [3.63, 3.8) is 0 Å². The van der Waals surface area contributed by atoms with E-state index in [1.54, 1.807) is 16.9 Å². The highest BCUT2D eigenvalue weighted by molar-refractivity contribution is 5.88. The second kappa shape index (κ2) is 7.26. The molecule has 0 saturated carbocycles. The number of nitrogens with one attached hydrogen (secondary N) is 2. The number of ether oxygens (including phenoxy) is 2. The van der Waals surface area contributed by atoms with Crippen LogP contribution in [0.15, 0.2) is 42.6 Å². The topological polar surface area (TPSA) is 77.4 Å². The number of carbonyl (C=O) groups is 1. The van der Waals surface area contributed by atoms with Gasteiger partial charge < -0.3 is 14.8 Å². The zero-order valence-corrected chi connectivity index (χ0v) is 12.9. The van der Waals surface area contributed by atoms with E-state index >= 15 is 0 Å². The van der Waals surface area contributed by atoms with Crippen molar-refractivity contribution in [1.29, 1.82) is 0 Å². The molecule has 23 heavy (non-hydrogen) atoms. The highest BCUT2D eigenvalue weighted by Crippen LogP contribution is 2.15. The lowest BCUT2D eigenvalue weighted by Gasteiger charge is -2.19. The molecule has 0 unspecified atom stereocenters. The van der Waals surface area contributed by atoms with Crippen LogP contribution in [0.25, 0.3) is 5.69 Å². The summed E-state index contributed by atoms with van der Waals surface area (Å²) in [5.74, 6) is 0.598. The number of carbonyl (C=O) groups excluding carboxylic acids is 1. The van der Waals surface area contributed by atoms with Gasteiger partial charge in [0.05, 0.1) is 31.1 Å². The van der Waals surface area contributed by atoms with Gasteiger partial charge in [-0.2, -0.15) is 5.10 Å². The van der Waals surface area contributed by atoms with Crippen molar-refractivity contribution in [1.82, 2.24) is 15.1 Å². The Kier molecular flexibility index (Phi) is 4.89. The summed E-state index contributed by atoms with van der Waals surface area (Å²) in [6.07, 6.45) is 1.54. The van der Waals surface area contributed by atoms with E-state index in [1.807, 2.05) is 37.3 Å². The zero-order chi connectivity index (χ0) is 16.1. The second-order valence-corrected chi connectivity index (χ2v) is 5.20. The molecule has 7 nitrogen and oxygen atoms in total. The molecule has 2 N–H and O–H groups in total. The first-order valence-corrected chi connectivity index (χ1v) is 7.64. The van der Waals surface area contributed by atoms with Crippen LogP contribution in [0.2, 0.25) is 0 Å². The first-order chi connectivity index (χ1) is 11.3. The van der Waals surface area contributed by atoms with E-state index in [2.05, 4.69) is 15.7 Å². The van der Waals surface area contributed by atoms with Gasteiger partial charge in [0, 0.05) is 12.7 Å². The van der Waals surface area contributed by atoms with E-state index in [1.165, 1.54) is 0 Å². The van der Waals surface area contributed by atoms with Crippen molar-refractivity contribution in [3.05, 3.63) is 42.6 Å². The highest BCUT2D eigenvalue weighted by atomic mass is 16.5. The molecule has 1 aliphatic heterocycles. The summed E-state index contributed by atoms with van der Waals surface area (Å²) in [5, 5.41) is 9.95. The average molecular weight is 316 g/mol. The van der Waals surface area contributed by atoms with Gasteiger partial charge in [0.2, 0.25) is 0 Å². The van der Waals surface area contributed by atoms with Crippen LogP contribution in [0.1, 0.15) is 6.92 Å². The van der Waals surface area contributed by atoms with E-state index in [9.17, 15) is 4.79 Å². The Morgan fingerprint density at radius 3 is 2.96 bits per heavy atom. The van der Waals surface area contributed by atoms with Crippen LogP contribution in [-0.4, -0.2) is 47.8 Å². The van der Waals surface area contributed by atoms with Crippen molar-refractivity contribution in [3.8, 4) is 5.69 Å².